The highest BCUT2D eigenvalue weighted by Gasteiger charge is 2.57. The number of nitrogens with zero attached hydrogens (tertiary/aromatic N) is 2. The van der Waals surface area contributed by atoms with Crippen molar-refractivity contribution < 1.29 is 14.3 Å². The first-order valence-corrected chi connectivity index (χ1v) is 11.9. The van der Waals surface area contributed by atoms with E-state index in [9.17, 15) is 9.59 Å². The third-order valence-corrected chi connectivity index (χ3v) is 6.28. The molecule has 1 saturated carbocycles. The number of hydrazone groups is 1. The summed E-state index contributed by atoms with van der Waals surface area (Å²) < 4.78 is 5.17. The molecule has 0 aliphatic heterocycles. The average molecular weight is 486 g/mol. The molecule has 0 bridgehead atoms. The van der Waals surface area contributed by atoms with E-state index in [1.54, 1.807) is 6.92 Å². The third-order valence-electron chi connectivity index (χ3n) is 6.28. The summed E-state index contributed by atoms with van der Waals surface area (Å²) in [5.74, 6) is 4.65. The highest BCUT2D eigenvalue weighted by Crippen LogP contribution is 2.54. The average Bonchev–Trinajstić information content (AvgIpc) is 3.57. The maximum Gasteiger partial charge on any atom is 0.308 e. The van der Waals surface area contributed by atoms with E-state index in [-0.39, 0.29) is 30.8 Å². The van der Waals surface area contributed by atoms with Gasteiger partial charge in [-0.1, -0.05) is 84.9 Å². The molecule has 3 aromatic carbocycles. The Morgan fingerprint density at radius 2 is 1.61 bits per heavy atom. The first kappa shape index (κ1) is 24.9. The Labute approximate surface area is 210 Å². The number of hydrazine groups is 1. The van der Waals surface area contributed by atoms with Gasteiger partial charge in [0.1, 0.15) is 0 Å². The normalized spacial score (nSPS) is 18.8. The van der Waals surface area contributed by atoms with Crippen molar-refractivity contribution >= 4 is 17.7 Å². The molecule has 36 heavy (non-hydrogen) atoms. The monoisotopic (exact) mass is 485 g/mol. The summed E-state index contributed by atoms with van der Waals surface area (Å²) >= 11 is 0. The Morgan fingerprint density at radius 1 is 1.00 bits per heavy atom. The fourth-order valence-corrected chi connectivity index (χ4v) is 4.41. The fraction of sp³-hybridized carbons (Fsp3) is 0.250. The first-order chi connectivity index (χ1) is 17.4. The number of hydrogen-bond acceptors (Lipinski definition) is 6. The lowest BCUT2D eigenvalue weighted by molar-refractivity contribution is -0.144. The van der Waals surface area contributed by atoms with Crippen LogP contribution in [0.1, 0.15) is 36.8 Å². The van der Waals surface area contributed by atoms with E-state index < -0.39 is 11.4 Å². The van der Waals surface area contributed by atoms with Gasteiger partial charge in [0, 0.05) is 5.92 Å². The molecular formula is C28H31N5O3. The molecule has 1 aliphatic rings. The maximum atomic E-state index is 12.9. The minimum absolute atomic E-state index is 0.0430. The highest BCUT2D eigenvalue weighted by atomic mass is 16.5. The van der Waals surface area contributed by atoms with Crippen LogP contribution < -0.4 is 16.9 Å². The number of benzene rings is 3. The smallest absolute Gasteiger partial charge is 0.308 e. The molecule has 8 nitrogen and oxygen atoms in total. The number of hydrogen-bond donors (Lipinski definition) is 3. The number of esters is 1. The van der Waals surface area contributed by atoms with Gasteiger partial charge in [0.05, 0.1) is 25.1 Å². The lowest BCUT2D eigenvalue weighted by atomic mass is 9.99. The molecule has 0 saturated heterocycles. The van der Waals surface area contributed by atoms with E-state index in [1.807, 2.05) is 72.8 Å². The number of carbonyl (C=O) groups is 2. The second kappa shape index (κ2) is 11.0. The van der Waals surface area contributed by atoms with Crippen molar-refractivity contribution in [2.75, 3.05) is 6.61 Å². The standard InChI is InChI=1S/C28H31N5O3/c1-2-36-25(34)18-28(31-27(35)26(29)32-33(30)19-20-9-5-3-6-10-20)17-24(28)23-15-13-22(14-16-23)21-11-7-4-8-12-21/h3-16,24H,2,17-19,30H2,1H3,(H2,29,32)(H,31,35). The number of nitrogens with one attached hydrogen (secondary N) is 1. The summed E-state index contributed by atoms with van der Waals surface area (Å²) in [6, 6.07) is 27.7. The molecule has 186 valence electrons. The minimum atomic E-state index is -0.795. The van der Waals surface area contributed by atoms with Gasteiger partial charge in [-0.2, -0.15) is 0 Å². The van der Waals surface area contributed by atoms with E-state index in [1.165, 1.54) is 0 Å². The largest absolute Gasteiger partial charge is 0.466 e. The first-order valence-electron chi connectivity index (χ1n) is 11.9. The van der Waals surface area contributed by atoms with E-state index in [2.05, 4.69) is 22.6 Å². The van der Waals surface area contributed by atoms with Gasteiger partial charge in [0.25, 0.3) is 5.91 Å². The number of carbonyl (C=O) groups excluding carboxylic acids is 2. The summed E-state index contributed by atoms with van der Waals surface area (Å²) in [5.41, 5.74) is 9.34. The van der Waals surface area contributed by atoms with Crippen LogP contribution in [-0.4, -0.2) is 35.0 Å². The van der Waals surface area contributed by atoms with Gasteiger partial charge in [0.15, 0.2) is 0 Å². The molecule has 0 heterocycles. The lowest BCUT2D eigenvalue weighted by Gasteiger charge is -2.20. The van der Waals surface area contributed by atoms with Crippen LogP contribution in [0.25, 0.3) is 11.1 Å². The second-order valence-corrected chi connectivity index (χ2v) is 8.91. The Balaban J connectivity index is 1.47. The molecule has 2 unspecified atom stereocenters. The molecule has 3 aromatic rings. The Hall–Kier alpha value is -4.17. The molecule has 1 amide bonds. The molecule has 5 N–H and O–H groups in total. The van der Waals surface area contributed by atoms with E-state index in [0.29, 0.717) is 13.0 Å². The molecule has 8 heteroatoms. The number of rotatable bonds is 9. The Bertz CT molecular complexity index is 1210. The number of amides is 1. The molecule has 1 aliphatic carbocycles. The molecule has 0 spiro atoms. The maximum absolute atomic E-state index is 12.9. The number of ether oxygens (including phenoxy) is 1. The van der Waals surface area contributed by atoms with Crippen LogP contribution >= 0.6 is 0 Å². The quantitative estimate of drug-likeness (QED) is 0.141. The molecule has 1 fully saturated rings. The zero-order valence-electron chi connectivity index (χ0n) is 20.3. The summed E-state index contributed by atoms with van der Waals surface area (Å²) in [7, 11) is 0. The van der Waals surface area contributed by atoms with Crippen molar-refractivity contribution in [3.63, 3.8) is 0 Å². The summed E-state index contributed by atoms with van der Waals surface area (Å²) in [4.78, 5) is 25.3. The van der Waals surface area contributed by atoms with Crippen molar-refractivity contribution in [1.29, 1.82) is 0 Å². The zero-order chi connectivity index (χ0) is 25.5. The summed E-state index contributed by atoms with van der Waals surface area (Å²) in [6.45, 7) is 2.31. The van der Waals surface area contributed by atoms with Crippen LogP contribution in [0.15, 0.2) is 90.0 Å². The van der Waals surface area contributed by atoms with Crippen molar-refractivity contribution in [2.24, 2.45) is 16.7 Å². The fourth-order valence-electron chi connectivity index (χ4n) is 4.41. The molecule has 2 atom stereocenters. The zero-order valence-corrected chi connectivity index (χ0v) is 20.3. The predicted molar refractivity (Wildman–Crippen MR) is 139 cm³/mol. The van der Waals surface area contributed by atoms with Gasteiger partial charge in [-0.25, -0.2) is 11.0 Å². The predicted octanol–water partition coefficient (Wildman–Crippen LogP) is 3.30. The van der Waals surface area contributed by atoms with Crippen LogP contribution in [0.5, 0.6) is 0 Å². The van der Waals surface area contributed by atoms with Crippen molar-refractivity contribution in [1.82, 2.24) is 10.4 Å². The summed E-state index contributed by atoms with van der Waals surface area (Å²) in [6.07, 6.45) is 0.632. The van der Waals surface area contributed by atoms with Gasteiger partial charge in [-0.05, 0) is 35.6 Å². The van der Waals surface area contributed by atoms with Crippen LogP contribution in [-0.2, 0) is 20.9 Å². The molecule has 0 radical (unpaired) electrons. The van der Waals surface area contributed by atoms with E-state index >= 15 is 0 Å². The molecule has 4 rings (SSSR count). The van der Waals surface area contributed by atoms with Crippen LogP contribution in [0, 0.1) is 0 Å². The van der Waals surface area contributed by atoms with Crippen molar-refractivity contribution in [3.8, 4) is 11.1 Å². The molecular weight excluding hydrogens is 454 g/mol. The van der Waals surface area contributed by atoms with E-state index in [0.717, 1.165) is 27.4 Å². The van der Waals surface area contributed by atoms with Gasteiger partial charge in [0.2, 0.25) is 5.84 Å². The van der Waals surface area contributed by atoms with Crippen molar-refractivity contribution in [2.45, 2.75) is 37.8 Å². The van der Waals surface area contributed by atoms with E-state index in [4.69, 9.17) is 16.3 Å². The van der Waals surface area contributed by atoms with Gasteiger partial charge < -0.3 is 15.8 Å². The van der Waals surface area contributed by atoms with Gasteiger partial charge in [-0.15, -0.1) is 5.10 Å². The lowest BCUT2D eigenvalue weighted by Crippen LogP contribution is -2.47. The van der Waals surface area contributed by atoms with Crippen LogP contribution in [0.2, 0.25) is 0 Å². The SMILES string of the molecule is CCOC(=O)CC1(NC(=O)C(N)=NN(N)Cc2ccccc2)CC1c1ccc(-c2ccccc2)cc1. The molecule has 0 aromatic heterocycles. The topological polar surface area (TPSA) is 123 Å². The minimum Gasteiger partial charge on any atom is -0.466 e. The number of nitrogens with two attached hydrogens (primary N) is 2. The Kier molecular flexibility index (Phi) is 7.65. The van der Waals surface area contributed by atoms with Crippen LogP contribution in [0.3, 0.4) is 0 Å². The van der Waals surface area contributed by atoms with Crippen LogP contribution in [0.4, 0.5) is 0 Å². The third kappa shape index (κ3) is 6.09. The summed E-state index contributed by atoms with van der Waals surface area (Å²) in [5, 5.41) is 8.08. The second-order valence-electron chi connectivity index (χ2n) is 8.91. The van der Waals surface area contributed by atoms with Crippen molar-refractivity contribution in [3.05, 3.63) is 96.1 Å². The highest BCUT2D eigenvalue weighted by molar-refractivity contribution is 6.37. The van der Waals surface area contributed by atoms with Gasteiger partial charge in [-0.3, -0.25) is 9.59 Å². The number of amidine groups is 1. The van der Waals surface area contributed by atoms with Gasteiger partial charge >= 0.3 is 5.97 Å². The Morgan fingerprint density at radius 3 is 2.25 bits per heavy atom.